The molecule has 0 atom stereocenters. The monoisotopic (exact) mass is 283 g/mol. The minimum Gasteiger partial charge on any atom is -0.295 e. The van der Waals surface area contributed by atoms with Crippen LogP contribution >= 0.6 is 11.3 Å². The van der Waals surface area contributed by atoms with Gasteiger partial charge in [-0.2, -0.15) is 0 Å². The zero-order chi connectivity index (χ0) is 13.8. The Bertz CT molecular complexity index is 715. The van der Waals surface area contributed by atoms with Gasteiger partial charge in [-0.1, -0.05) is 23.5 Å². The molecule has 3 aromatic heterocycles. The van der Waals surface area contributed by atoms with Crippen LogP contribution in [0.1, 0.15) is 10.5 Å². The standard InChI is InChI=1S/C13H9N5OS/c19-12(17-13-18-15-8-20-13)11-6-3-5-10(16-11)9-4-1-2-7-14-9/h1-8H,(H,17,18,19). The van der Waals surface area contributed by atoms with E-state index in [0.29, 0.717) is 16.5 Å². The van der Waals surface area contributed by atoms with E-state index < -0.39 is 0 Å². The van der Waals surface area contributed by atoms with Gasteiger partial charge in [0.2, 0.25) is 5.13 Å². The molecule has 20 heavy (non-hydrogen) atoms. The summed E-state index contributed by atoms with van der Waals surface area (Å²) in [5, 5.41) is 10.5. The predicted octanol–water partition coefficient (Wildman–Crippen LogP) is 2.25. The van der Waals surface area contributed by atoms with E-state index in [1.165, 1.54) is 11.3 Å². The topological polar surface area (TPSA) is 80.7 Å². The third-order valence-corrected chi connectivity index (χ3v) is 3.10. The van der Waals surface area contributed by atoms with E-state index in [4.69, 9.17) is 0 Å². The molecule has 3 heterocycles. The Balaban J connectivity index is 1.86. The molecule has 98 valence electrons. The first-order valence-corrected chi connectivity index (χ1v) is 6.67. The molecule has 0 radical (unpaired) electrons. The average molecular weight is 283 g/mol. The number of amides is 1. The fourth-order valence-electron chi connectivity index (χ4n) is 1.61. The number of nitrogens with zero attached hydrogens (tertiary/aromatic N) is 4. The molecule has 1 amide bonds. The number of hydrogen-bond donors (Lipinski definition) is 1. The smallest absolute Gasteiger partial charge is 0.276 e. The summed E-state index contributed by atoms with van der Waals surface area (Å²) in [5.74, 6) is -0.320. The third-order valence-electron chi connectivity index (χ3n) is 2.49. The fraction of sp³-hybridized carbons (Fsp3) is 0. The first-order chi connectivity index (χ1) is 9.83. The molecule has 7 heteroatoms. The SMILES string of the molecule is O=C(Nc1nncs1)c1cccc(-c2ccccn2)n1. The lowest BCUT2D eigenvalue weighted by molar-refractivity contribution is 0.102. The summed E-state index contributed by atoms with van der Waals surface area (Å²) in [4.78, 5) is 20.6. The Labute approximate surface area is 118 Å². The number of pyridine rings is 2. The van der Waals surface area contributed by atoms with Crippen molar-refractivity contribution in [1.29, 1.82) is 0 Å². The van der Waals surface area contributed by atoms with Crippen LogP contribution < -0.4 is 5.32 Å². The number of anilines is 1. The van der Waals surface area contributed by atoms with Gasteiger partial charge in [0.05, 0.1) is 11.4 Å². The highest BCUT2D eigenvalue weighted by atomic mass is 32.1. The highest BCUT2D eigenvalue weighted by molar-refractivity contribution is 7.13. The first-order valence-electron chi connectivity index (χ1n) is 5.79. The second-order valence-corrected chi connectivity index (χ2v) is 4.65. The Morgan fingerprint density at radius 3 is 2.75 bits per heavy atom. The maximum atomic E-state index is 12.0. The molecule has 0 unspecified atom stereocenters. The Kier molecular flexibility index (Phi) is 3.42. The summed E-state index contributed by atoms with van der Waals surface area (Å²) >= 11 is 1.25. The van der Waals surface area contributed by atoms with Crippen LogP contribution in [0.5, 0.6) is 0 Å². The third kappa shape index (κ3) is 2.67. The van der Waals surface area contributed by atoms with Crippen molar-refractivity contribution < 1.29 is 4.79 Å². The molecule has 0 aliphatic carbocycles. The van der Waals surface area contributed by atoms with Crippen LogP contribution in [-0.4, -0.2) is 26.1 Å². The second-order valence-electron chi connectivity index (χ2n) is 3.82. The van der Waals surface area contributed by atoms with Crippen molar-refractivity contribution in [3.05, 3.63) is 53.8 Å². The average Bonchev–Trinajstić information content (AvgIpc) is 3.01. The number of carbonyl (C=O) groups excluding carboxylic acids is 1. The molecular weight excluding hydrogens is 274 g/mol. The molecule has 3 rings (SSSR count). The number of aromatic nitrogens is 4. The van der Waals surface area contributed by atoms with Crippen LogP contribution in [-0.2, 0) is 0 Å². The summed E-state index contributed by atoms with van der Waals surface area (Å²) in [5.41, 5.74) is 3.23. The van der Waals surface area contributed by atoms with Gasteiger partial charge in [0.1, 0.15) is 11.2 Å². The van der Waals surface area contributed by atoms with Gasteiger partial charge in [-0.15, -0.1) is 10.2 Å². The highest BCUT2D eigenvalue weighted by Crippen LogP contribution is 2.15. The lowest BCUT2D eigenvalue weighted by Crippen LogP contribution is -2.13. The van der Waals surface area contributed by atoms with E-state index in [0.717, 1.165) is 5.69 Å². The molecule has 0 aliphatic rings. The molecule has 0 fully saturated rings. The van der Waals surface area contributed by atoms with Crippen LogP contribution in [0.3, 0.4) is 0 Å². The Morgan fingerprint density at radius 1 is 1.10 bits per heavy atom. The van der Waals surface area contributed by atoms with Crippen molar-refractivity contribution in [1.82, 2.24) is 20.2 Å². The van der Waals surface area contributed by atoms with Crippen molar-refractivity contribution in [3.8, 4) is 11.4 Å². The van der Waals surface area contributed by atoms with Crippen LogP contribution in [0, 0.1) is 0 Å². The van der Waals surface area contributed by atoms with E-state index in [1.807, 2.05) is 24.3 Å². The maximum Gasteiger partial charge on any atom is 0.276 e. The highest BCUT2D eigenvalue weighted by Gasteiger charge is 2.11. The number of carbonyl (C=O) groups is 1. The number of hydrogen-bond acceptors (Lipinski definition) is 6. The van der Waals surface area contributed by atoms with Crippen molar-refractivity contribution in [3.63, 3.8) is 0 Å². The Hall–Kier alpha value is -2.67. The van der Waals surface area contributed by atoms with Crippen LogP contribution in [0.2, 0.25) is 0 Å². The fourth-order valence-corrected chi connectivity index (χ4v) is 2.05. The molecule has 0 aliphatic heterocycles. The molecule has 0 saturated heterocycles. The Morgan fingerprint density at radius 2 is 2.00 bits per heavy atom. The van der Waals surface area contributed by atoms with E-state index >= 15 is 0 Å². The van der Waals surface area contributed by atoms with E-state index in [1.54, 1.807) is 23.8 Å². The van der Waals surface area contributed by atoms with Crippen LogP contribution in [0.4, 0.5) is 5.13 Å². The molecule has 0 saturated carbocycles. The number of nitrogens with one attached hydrogen (secondary N) is 1. The molecule has 6 nitrogen and oxygen atoms in total. The number of rotatable bonds is 3. The van der Waals surface area contributed by atoms with Crippen molar-refractivity contribution >= 4 is 22.4 Å². The van der Waals surface area contributed by atoms with Crippen molar-refractivity contribution in [2.45, 2.75) is 0 Å². The normalized spacial score (nSPS) is 10.2. The van der Waals surface area contributed by atoms with Crippen LogP contribution in [0.15, 0.2) is 48.1 Å². The van der Waals surface area contributed by atoms with Gasteiger partial charge in [-0.25, -0.2) is 4.98 Å². The van der Waals surface area contributed by atoms with E-state index in [-0.39, 0.29) is 5.91 Å². The summed E-state index contributed by atoms with van der Waals surface area (Å²) in [6.07, 6.45) is 1.69. The molecule has 1 N–H and O–H groups in total. The largest absolute Gasteiger partial charge is 0.295 e. The van der Waals surface area contributed by atoms with Gasteiger partial charge in [0, 0.05) is 6.20 Å². The van der Waals surface area contributed by atoms with Crippen molar-refractivity contribution in [2.75, 3.05) is 5.32 Å². The minimum atomic E-state index is -0.320. The molecule has 0 spiro atoms. The molecular formula is C13H9N5OS. The summed E-state index contributed by atoms with van der Waals surface area (Å²) in [7, 11) is 0. The van der Waals surface area contributed by atoms with E-state index in [9.17, 15) is 4.79 Å². The summed E-state index contributed by atoms with van der Waals surface area (Å²) in [6, 6.07) is 10.8. The van der Waals surface area contributed by atoms with E-state index in [2.05, 4.69) is 25.5 Å². The van der Waals surface area contributed by atoms with Crippen LogP contribution in [0.25, 0.3) is 11.4 Å². The minimum absolute atomic E-state index is 0.309. The van der Waals surface area contributed by atoms with Gasteiger partial charge in [-0.3, -0.25) is 15.1 Å². The first kappa shape index (κ1) is 12.4. The van der Waals surface area contributed by atoms with Crippen molar-refractivity contribution in [2.24, 2.45) is 0 Å². The molecule has 0 bridgehead atoms. The van der Waals surface area contributed by atoms with Gasteiger partial charge >= 0.3 is 0 Å². The summed E-state index contributed by atoms with van der Waals surface area (Å²) in [6.45, 7) is 0. The zero-order valence-corrected chi connectivity index (χ0v) is 11.0. The summed E-state index contributed by atoms with van der Waals surface area (Å²) < 4.78 is 0. The maximum absolute atomic E-state index is 12.0. The second kappa shape index (κ2) is 5.54. The quantitative estimate of drug-likeness (QED) is 0.797. The van der Waals surface area contributed by atoms with Gasteiger partial charge in [0.25, 0.3) is 5.91 Å². The lowest BCUT2D eigenvalue weighted by atomic mass is 10.2. The predicted molar refractivity (Wildman–Crippen MR) is 75.3 cm³/mol. The molecule has 3 aromatic rings. The lowest BCUT2D eigenvalue weighted by Gasteiger charge is -2.03. The van der Waals surface area contributed by atoms with Gasteiger partial charge in [0.15, 0.2) is 0 Å². The zero-order valence-electron chi connectivity index (χ0n) is 10.2. The molecule has 0 aromatic carbocycles. The van der Waals surface area contributed by atoms with Gasteiger partial charge < -0.3 is 0 Å². The van der Waals surface area contributed by atoms with Gasteiger partial charge in [-0.05, 0) is 24.3 Å².